The Morgan fingerprint density at radius 3 is 2.84 bits per heavy atom. The normalized spacial score (nSPS) is 10.8. The second kappa shape index (κ2) is 6.90. The maximum absolute atomic E-state index is 13.7. The molecule has 2 aromatic carbocycles. The van der Waals surface area contributed by atoms with E-state index in [1.807, 2.05) is 12.1 Å². The Labute approximate surface area is 147 Å². The number of fused-ring (bicyclic) bond motifs is 1. The van der Waals surface area contributed by atoms with Gasteiger partial charge in [0.15, 0.2) is 5.82 Å². The smallest absolute Gasteiger partial charge is 0.295 e. The van der Waals surface area contributed by atoms with Gasteiger partial charge in [0.1, 0.15) is 5.69 Å². The highest BCUT2D eigenvalue weighted by Crippen LogP contribution is 2.28. The predicted octanol–water partition coefficient (Wildman–Crippen LogP) is 4.14. The van der Waals surface area contributed by atoms with Crippen molar-refractivity contribution in [2.75, 3.05) is 12.3 Å². The highest BCUT2D eigenvalue weighted by atomic mass is 35.5. The summed E-state index contributed by atoms with van der Waals surface area (Å²) in [6, 6.07) is 9.60. The van der Waals surface area contributed by atoms with Crippen LogP contribution in [0.3, 0.4) is 0 Å². The summed E-state index contributed by atoms with van der Waals surface area (Å²) in [5.41, 5.74) is 4.87. The van der Waals surface area contributed by atoms with Crippen LogP contribution in [-0.4, -0.2) is 16.5 Å². The molecule has 6 nitrogen and oxygen atoms in total. The molecular weight excluding hydrogens is 349 g/mol. The molecular formula is C17H13ClFN3O3. The second-order valence-electron chi connectivity index (χ2n) is 5.35. The van der Waals surface area contributed by atoms with Gasteiger partial charge in [0.05, 0.1) is 11.5 Å². The van der Waals surface area contributed by atoms with E-state index in [2.05, 4.69) is 4.98 Å². The number of rotatable bonds is 5. The molecule has 0 radical (unpaired) electrons. The first-order chi connectivity index (χ1) is 12.0. The molecule has 0 unspecified atom stereocenters. The molecule has 25 heavy (non-hydrogen) atoms. The summed E-state index contributed by atoms with van der Waals surface area (Å²) in [5, 5.41) is 13.1. The van der Waals surface area contributed by atoms with E-state index in [0.29, 0.717) is 16.5 Å². The van der Waals surface area contributed by atoms with E-state index in [-0.39, 0.29) is 13.0 Å². The van der Waals surface area contributed by atoms with Crippen LogP contribution in [0.25, 0.3) is 10.8 Å². The molecule has 0 fully saturated rings. The van der Waals surface area contributed by atoms with Gasteiger partial charge in [-0.25, -0.2) is 9.37 Å². The van der Waals surface area contributed by atoms with Crippen LogP contribution in [0.2, 0.25) is 5.02 Å². The molecule has 0 spiro atoms. The number of anilines is 1. The van der Waals surface area contributed by atoms with Crippen LogP contribution >= 0.6 is 11.6 Å². The van der Waals surface area contributed by atoms with Gasteiger partial charge in [-0.1, -0.05) is 17.7 Å². The number of ether oxygens (including phenoxy) is 1. The molecule has 0 aliphatic carbocycles. The molecule has 0 bridgehead atoms. The lowest BCUT2D eigenvalue weighted by molar-refractivity contribution is -0.384. The Morgan fingerprint density at radius 1 is 1.28 bits per heavy atom. The number of nitrogens with zero attached hydrogens (tertiary/aromatic N) is 2. The third-order valence-electron chi connectivity index (χ3n) is 3.69. The predicted molar refractivity (Wildman–Crippen MR) is 93.4 cm³/mol. The Kier molecular flexibility index (Phi) is 4.67. The lowest BCUT2D eigenvalue weighted by Crippen LogP contribution is -2.05. The SMILES string of the molecule is Nc1c(F)cc(CCOc2nccc3ccc(Cl)cc23)cc1[N+](=O)[O-]. The minimum Gasteiger partial charge on any atom is -0.477 e. The van der Waals surface area contributed by atoms with Crippen molar-refractivity contribution in [3.05, 3.63) is 69.1 Å². The van der Waals surface area contributed by atoms with Gasteiger partial charge in [-0.15, -0.1) is 0 Å². The van der Waals surface area contributed by atoms with Gasteiger partial charge in [-0.05, 0) is 35.2 Å². The van der Waals surface area contributed by atoms with Crippen LogP contribution in [0, 0.1) is 15.9 Å². The van der Waals surface area contributed by atoms with E-state index in [1.165, 1.54) is 12.1 Å². The maximum Gasteiger partial charge on any atom is 0.295 e. The molecule has 3 rings (SSSR count). The Bertz CT molecular complexity index is 965. The summed E-state index contributed by atoms with van der Waals surface area (Å²) in [6.45, 7) is 0.166. The summed E-state index contributed by atoms with van der Waals surface area (Å²) < 4.78 is 19.4. The molecule has 3 aromatic rings. The first-order valence-corrected chi connectivity index (χ1v) is 7.73. The van der Waals surface area contributed by atoms with Gasteiger partial charge in [-0.2, -0.15) is 0 Å². The second-order valence-corrected chi connectivity index (χ2v) is 5.78. The van der Waals surface area contributed by atoms with E-state index >= 15 is 0 Å². The summed E-state index contributed by atoms with van der Waals surface area (Å²) in [5.74, 6) is -0.426. The molecule has 128 valence electrons. The topological polar surface area (TPSA) is 91.3 Å². The Balaban J connectivity index is 1.78. The molecule has 0 saturated carbocycles. The van der Waals surface area contributed by atoms with E-state index in [0.717, 1.165) is 10.8 Å². The van der Waals surface area contributed by atoms with Gasteiger partial charge in [0, 0.05) is 29.1 Å². The van der Waals surface area contributed by atoms with Crippen LogP contribution in [0.4, 0.5) is 15.8 Å². The van der Waals surface area contributed by atoms with Crippen LogP contribution in [-0.2, 0) is 6.42 Å². The van der Waals surface area contributed by atoms with Gasteiger partial charge in [-0.3, -0.25) is 10.1 Å². The maximum atomic E-state index is 13.7. The van der Waals surface area contributed by atoms with Crippen molar-refractivity contribution < 1.29 is 14.1 Å². The van der Waals surface area contributed by atoms with Crippen LogP contribution in [0.15, 0.2) is 42.6 Å². The largest absolute Gasteiger partial charge is 0.477 e. The Morgan fingerprint density at radius 2 is 2.08 bits per heavy atom. The highest BCUT2D eigenvalue weighted by Gasteiger charge is 2.17. The number of nitro benzene ring substituents is 1. The number of nitrogens with two attached hydrogens (primary N) is 1. The Hall–Kier alpha value is -2.93. The van der Waals surface area contributed by atoms with Crippen LogP contribution < -0.4 is 10.5 Å². The van der Waals surface area contributed by atoms with Crippen molar-refractivity contribution in [2.45, 2.75) is 6.42 Å². The zero-order valence-corrected chi connectivity index (χ0v) is 13.7. The lowest BCUT2D eigenvalue weighted by atomic mass is 10.1. The van der Waals surface area contributed by atoms with Crippen molar-refractivity contribution in [3.63, 3.8) is 0 Å². The number of pyridine rings is 1. The average Bonchev–Trinajstić information content (AvgIpc) is 2.58. The van der Waals surface area contributed by atoms with Gasteiger partial charge >= 0.3 is 0 Å². The fraction of sp³-hybridized carbons (Fsp3) is 0.118. The average molecular weight is 362 g/mol. The van der Waals surface area contributed by atoms with Crippen molar-refractivity contribution in [2.24, 2.45) is 0 Å². The zero-order valence-electron chi connectivity index (χ0n) is 12.9. The molecule has 2 N–H and O–H groups in total. The van der Waals surface area contributed by atoms with Crippen LogP contribution in [0.1, 0.15) is 5.56 Å². The zero-order chi connectivity index (χ0) is 18.0. The van der Waals surface area contributed by atoms with Crippen molar-refractivity contribution >= 4 is 33.7 Å². The van der Waals surface area contributed by atoms with Crippen molar-refractivity contribution in [3.8, 4) is 5.88 Å². The van der Waals surface area contributed by atoms with Gasteiger partial charge < -0.3 is 10.5 Å². The monoisotopic (exact) mass is 361 g/mol. The minimum absolute atomic E-state index is 0.166. The summed E-state index contributed by atoms with van der Waals surface area (Å²) in [6.07, 6.45) is 1.87. The molecule has 0 aliphatic rings. The molecule has 1 aromatic heterocycles. The summed E-state index contributed by atoms with van der Waals surface area (Å²) in [4.78, 5) is 14.4. The van der Waals surface area contributed by atoms with E-state index < -0.39 is 22.1 Å². The van der Waals surface area contributed by atoms with Gasteiger partial charge in [0.25, 0.3) is 5.69 Å². The first-order valence-electron chi connectivity index (χ1n) is 7.35. The molecule has 8 heteroatoms. The van der Waals surface area contributed by atoms with E-state index in [1.54, 1.807) is 18.3 Å². The number of nitro groups is 1. The molecule has 0 aliphatic heterocycles. The van der Waals surface area contributed by atoms with Crippen molar-refractivity contribution in [1.29, 1.82) is 0 Å². The number of halogens is 2. The quantitative estimate of drug-likeness (QED) is 0.419. The molecule has 1 heterocycles. The third-order valence-corrected chi connectivity index (χ3v) is 3.92. The van der Waals surface area contributed by atoms with E-state index in [4.69, 9.17) is 22.1 Å². The number of hydrogen-bond acceptors (Lipinski definition) is 5. The first kappa shape index (κ1) is 16.9. The number of hydrogen-bond donors (Lipinski definition) is 1. The molecule has 0 saturated heterocycles. The van der Waals surface area contributed by atoms with Crippen molar-refractivity contribution in [1.82, 2.24) is 4.98 Å². The van der Waals surface area contributed by atoms with E-state index in [9.17, 15) is 14.5 Å². The fourth-order valence-corrected chi connectivity index (χ4v) is 2.62. The van der Waals surface area contributed by atoms with Crippen LogP contribution in [0.5, 0.6) is 5.88 Å². The van der Waals surface area contributed by atoms with Gasteiger partial charge in [0.2, 0.25) is 5.88 Å². The highest BCUT2D eigenvalue weighted by molar-refractivity contribution is 6.31. The number of nitrogen functional groups attached to an aromatic ring is 1. The fourth-order valence-electron chi connectivity index (χ4n) is 2.45. The summed E-state index contributed by atoms with van der Waals surface area (Å²) >= 11 is 6.00. The molecule has 0 atom stereocenters. The number of benzene rings is 2. The minimum atomic E-state index is -0.820. The summed E-state index contributed by atoms with van der Waals surface area (Å²) in [7, 11) is 0. The molecule has 0 amide bonds. The number of aromatic nitrogens is 1. The standard InChI is InChI=1S/C17H13ClFN3O3/c18-12-2-1-11-3-5-21-17(13(11)9-12)25-6-4-10-7-14(19)16(20)15(8-10)22(23)24/h1-3,5,7-9H,4,6,20H2. The third kappa shape index (κ3) is 3.61. The lowest BCUT2D eigenvalue weighted by Gasteiger charge is -2.09.